The summed E-state index contributed by atoms with van der Waals surface area (Å²) in [7, 11) is 0. The molecule has 1 heterocycles. The fourth-order valence-electron chi connectivity index (χ4n) is 3.89. The lowest BCUT2D eigenvalue weighted by molar-refractivity contribution is -0.129. The Morgan fingerprint density at radius 3 is 2.08 bits per heavy atom. The Kier molecular flexibility index (Phi) is 8.20. The minimum absolute atomic E-state index is 0.158. The van der Waals surface area contributed by atoms with Crippen molar-refractivity contribution in [1.29, 1.82) is 0 Å². The van der Waals surface area contributed by atoms with Crippen LogP contribution in [-0.2, 0) is 9.53 Å². The van der Waals surface area contributed by atoms with Crippen LogP contribution < -0.4 is 16.0 Å². The number of rotatable bonds is 9. The Balaban J connectivity index is 1.31. The average molecular weight is 486 g/mol. The number of carbonyl (C=O) groups is 4. The van der Waals surface area contributed by atoms with Gasteiger partial charge in [-0.2, -0.15) is 0 Å². The number of hydrogen-bond donors (Lipinski definition) is 3. The number of ether oxygens (including phenoxy) is 1. The van der Waals surface area contributed by atoms with E-state index in [2.05, 4.69) is 16.0 Å². The van der Waals surface area contributed by atoms with Gasteiger partial charge in [0.25, 0.3) is 11.8 Å². The maximum atomic E-state index is 12.9. The summed E-state index contributed by atoms with van der Waals surface area (Å²) in [6.07, 6.45) is 1.20. The molecule has 4 rings (SSSR count). The van der Waals surface area contributed by atoms with Gasteiger partial charge in [-0.1, -0.05) is 48.5 Å². The zero-order valence-corrected chi connectivity index (χ0v) is 19.7. The molecule has 1 unspecified atom stereocenters. The van der Waals surface area contributed by atoms with E-state index in [9.17, 15) is 19.2 Å². The van der Waals surface area contributed by atoms with Crippen LogP contribution in [0.4, 0.5) is 5.69 Å². The van der Waals surface area contributed by atoms with Gasteiger partial charge >= 0.3 is 0 Å². The van der Waals surface area contributed by atoms with Crippen LogP contribution in [0.5, 0.6) is 0 Å². The van der Waals surface area contributed by atoms with Crippen molar-refractivity contribution in [2.45, 2.75) is 18.9 Å². The molecule has 0 aromatic heterocycles. The maximum Gasteiger partial charge on any atom is 0.256 e. The highest BCUT2D eigenvalue weighted by Gasteiger charge is 2.23. The Morgan fingerprint density at radius 1 is 0.722 bits per heavy atom. The van der Waals surface area contributed by atoms with Crippen LogP contribution in [0.25, 0.3) is 0 Å². The molecular formula is C28H27N3O5. The van der Waals surface area contributed by atoms with Crippen LogP contribution in [-0.4, -0.2) is 49.3 Å². The zero-order valence-electron chi connectivity index (χ0n) is 19.7. The standard InChI is InChI=1S/C28H27N3O5/c32-25(19-7-2-1-3-8-19)22-9-4-5-10-23(22)27(34)31-21-14-12-20(13-15-21)26(33)29-16-17-30-28(35)24-11-6-18-36-24/h1-5,7-10,12-15,24H,6,11,16-18H2,(H,29,33)(H,30,35)(H,31,34). The molecule has 0 bridgehead atoms. The highest BCUT2D eigenvalue weighted by Crippen LogP contribution is 2.18. The van der Waals surface area contributed by atoms with Crippen molar-refractivity contribution in [3.05, 3.63) is 101 Å². The molecule has 1 fully saturated rings. The zero-order chi connectivity index (χ0) is 25.3. The molecule has 8 heteroatoms. The first kappa shape index (κ1) is 24.8. The Hall–Kier alpha value is -4.30. The van der Waals surface area contributed by atoms with Gasteiger partial charge in [0.1, 0.15) is 6.10 Å². The summed E-state index contributed by atoms with van der Waals surface area (Å²) < 4.78 is 5.32. The predicted octanol–water partition coefficient (Wildman–Crippen LogP) is 3.19. The van der Waals surface area contributed by atoms with Crippen molar-refractivity contribution in [2.75, 3.05) is 25.0 Å². The summed E-state index contributed by atoms with van der Waals surface area (Å²) in [4.78, 5) is 50.1. The second-order valence-electron chi connectivity index (χ2n) is 8.32. The second-order valence-corrected chi connectivity index (χ2v) is 8.32. The van der Waals surface area contributed by atoms with E-state index in [1.54, 1.807) is 72.8 Å². The SMILES string of the molecule is O=C(NCCNC(=O)C1CCCO1)c1ccc(NC(=O)c2ccccc2C(=O)c2ccccc2)cc1. The summed E-state index contributed by atoms with van der Waals surface area (Å²) >= 11 is 0. The van der Waals surface area contributed by atoms with Gasteiger partial charge in [0.2, 0.25) is 5.91 Å². The van der Waals surface area contributed by atoms with Gasteiger partial charge < -0.3 is 20.7 Å². The minimum atomic E-state index is -0.422. The van der Waals surface area contributed by atoms with Gasteiger partial charge in [0.05, 0.1) is 5.56 Å². The van der Waals surface area contributed by atoms with Gasteiger partial charge in [-0.05, 0) is 43.2 Å². The van der Waals surface area contributed by atoms with Crippen LogP contribution in [0.3, 0.4) is 0 Å². The highest BCUT2D eigenvalue weighted by atomic mass is 16.5. The van der Waals surface area contributed by atoms with Gasteiger partial charge in [0, 0.05) is 42.1 Å². The van der Waals surface area contributed by atoms with Crippen LogP contribution in [0.1, 0.15) is 49.5 Å². The molecule has 0 saturated carbocycles. The fourth-order valence-corrected chi connectivity index (χ4v) is 3.89. The lowest BCUT2D eigenvalue weighted by Crippen LogP contribution is -2.39. The van der Waals surface area contributed by atoms with E-state index in [4.69, 9.17) is 4.74 Å². The van der Waals surface area contributed by atoms with Crippen molar-refractivity contribution in [3.8, 4) is 0 Å². The molecule has 1 aliphatic rings. The molecule has 3 amide bonds. The number of carbonyl (C=O) groups excluding carboxylic acids is 4. The molecule has 0 radical (unpaired) electrons. The third-order valence-corrected chi connectivity index (χ3v) is 5.79. The summed E-state index contributed by atoms with van der Waals surface area (Å²) in [6.45, 7) is 1.19. The first-order valence-electron chi connectivity index (χ1n) is 11.8. The molecule has 1 saturated heterocycles. The normalized spacial score (nSPS) is 14.6. The number of anilines is 1. The number of ketones is 1. The molecule has 3 N–H and O–H groups in total. The molecule has 184 valence electrons. The Bertz CT molecular complexity index is 1240. The van der Waals surface area contributed by atoms with Crippen LogP contribution >= 0.6 is 0 Å². The number of benzene rings is 3. The van der Waals surface area contributed by atoms with Crippen molar-refractivity contribution >= 4 is 29.2 Å². The summed E-state index contributed by atoms with van der Waals surface area (Å²) in [5.74, 6) is -1.11. The van der Waals surface area contributed by atoms with E-state index in [1.807, 2.05) is 6.07 Å². The van der Waals surface area contributed by atoms with E-state index in [-0.39, 0.29) is 29.7 Å². The smallest absolute Gasteiger partial charge is 0.256 e. The molecule has 0 aliphatic carbocycles. The molecule has 8 nitrogen and oxygen atoms in total. The number of hydrogen-bond acceptors (Lipinski definition) is 5. The molecule has 0 spiro atoms. The molecule has 3 aromatic carbocycles. The first-order valence-corrected chi connectivity index (χ1v) is 11.8. The van der Waals surface area contributed by atoms with Crippen molar-refractivity contribution < 1.29 is 23.9 Å². The van der Waals surface area contributed by atoms with E-state index in [0.29, 0.717) is 35.5 Å². The quantitative estimate of drug-likeness (QED) is 0.318. The van der Waals surface area contributed by atoms with Gasteiger partial charge in [-0.15, -0.1) is 0 Å². The maximum absolute atomic E-state index is 12.9. The van der Waals surface area contributed by atoms with Crippen molar-refractivity contribution in [3.63, 3.8) is 0 Å². The van der Waals surface area contributed by atoms with Gasteiger partial charge in [-0.3, -0.25) is 19.2 Å². The van der Waals surface area contributed by atoms with E-state index < -0.39 is 12.0 Å². The fraction of sp³-hybridized carbons (Fsp3) is 0.214. The largest absolute Gasteiger partial charge is 0.368 e. The van der Waals surface area contributed by atoms with Gasteiger partial charge in [0.15, 0.2) is 5.78 Å². The molecule has 1 aliphatic heterocycles. The third kappa shape index (κ3) is 6.22. The van der Waals surface area contributed by atoms with E-state index >= 15 is 0 Å². The monoisotopic (exact) mass is 485 g/mol. The van der Waals surface area contributed by atoms with Crippen LogP contribution in [0.2, 0.25) is 0 Å². The first-order chi connectivity index (χ1) is 17.5. The number of nitrogens with one attached hydrogen (secondary N) is 3. The topological polar surface area (TPSA) is 114 Å². The lowest BCUT2D eigenvalue weighted by atomic mass is 9.98. The molecular weight excluding hydrogens is 458 g/mol. The molecule has 1 atom stereocenters. The van der Waals surface area contributed by atoms with Crippen molar-refractivity contribution in [1.82, 2.24) is 10.6 Å². The summed E-state index contributed by atoms with van der Waals surface area (Å²) in [6, 6.07) is 21.9. The highest BCUT2D eigenvalue weighted by molar-refractivity contribution is 6.17. The molecule has 3 aromatic rings. The van der Waals surface area contributed by atoms with Crippen molar-refractivity contribution in [2.24, 2.45) is 0 Å². The van der Waals surface area contributed by atoms with Crippen LogP contribution in [0, 0.1) is 0 Å². The average Bonchev–Trinajstić information content (AvgIpc) is 3.47. The third-order valence-electron chi connectivity index (χ3n) is 5.79. The van der Waals surface area contributed by atoms with E-state index in [1.165, 1.54) is 0 Å². The summed E-state index contributed by atoms with van der Waals surface area (Å²) in [5, 5.41) is 8.28. The Morgan fingerprint density at radius 2 is 1.39 bits per heavy atom. The number of amides is 3. The minimum Gasteiger partial charge on any atom is -0.368 e. The second kappa shape index (κ2) is 11.9. The molecule has 36 heavy (non-hydrogen) atoms. The van der Waals surface area contributed by atoms with Gasteiger partial charge in [-0.25, -0.2) is 0 Å². The predicted molar refractivity (Wildman–Crippen MR) is 135 cm³/mol. The van der Waals surface area contributed by atoms with E-state index in [0.717, 1.165) is 12.8 Å². The summed E-state index contributed by atoms with van der Waals surface area (Å²) in [5.41, 5.74) is 1.97. The lowest BCUT2D eigenvalue weighted by Gasteiger charge is -2.11. The Labute approximate surface area is 209 Å². The van der Waals surface area contributed by atoms with Crippen LogP contribution in [0.15, 0.2) is 78.9 Å².